The van der Waals surface area contributed by atoms with Crippen molar-refractivity contribution >= 4 is 17.5 Å². The molecule has 0 bridgehead atoms. The van der Waals surface area contributed by atoms with Gasteiger partial charge in [0.1, 0.15) is 0 Å². The molecule has 6 heteroatoms. The minimum atomic E-state index is -0.789. The summed E-state index contributed by atoms with van der Waals surface area (Å²) >= 11 is 0. The highest BCUT2D eigenvalue weighted by atomic mass is 16.4. The number of amides is 1. The molecule has 1 aromatic rings. The standard InChI is InChI=1S/C18H28N4O2/c1-2-22(18(23)24)17-9-12-21(13-17)16-7-10-20(11-8-16)15-5-3-14(19)4-6-15/h3-6,16-17H,2,7-13,19H2,1H3,(H,23,24). The van der Waals surface area contributed by atoms with Gasteiger partial charge in [-0.2, -0.15) is 0 Å². The van der Waals surface area contributed by atoms with Crippen LogP contribution in [0, 0.1) is 0 Å². The number of anilines is 2. The molecule has 3 N–H and O–H groups in total. The minimum absolute atomic E-state index is 0.155. The molecule has 2 aliphatic rings. The van der Waals surface area contributed by atoms with Crippen LogP contribution in [0.3, 0.4) is 0 Å². The predicted molar refractivity (Wildman–Crippen MR) is 96.5 cm³/mol. The van der Waals surface area contributed by atoms with E-state index in [4.69, 9.17) is 5.73 Å². The van der Waals surface area contributed by atoms with E-state index in [9.17, 15) is 9.90 Å². The average Bonchev–Trinajstić information content (AvgIpc) is 3.06. The number of nitrogens with zero attached hydrogens (tertiary/aromatic N) is 3. The van der Waals surface area contributed by atoms with Crippen LogP contribution in [0.4, 0.5) is 16.2 Å². The molecule has 0 aliphatic carbocycles. The fourth-order valence-electron chi connectivity index (χ4n) is 4.08. The lowest BCUT2D eigenvalue weighted by Crippen LogP contribution is -2.46. The Labute approximate surface area is 143 Å². The van der Waals surface area contributed by atoms with E-state index < -0.39 is 6.09 Å². The van der Waals surface area contributed by atoms with E-state index in [2.05, 4.69) is 21.9 Å². The molecule has 1 atom stereocenters. The van der Waals surface area contributed by atoms with Crippen molar-refractivity contribution in [1.29, 1.82) is 0 Å². The van der Waals surface area contributed by atoms with E-state index in [1.807, 2.05) is 19.1 Å². The lowest BCUT2D eigenvalue weighted by atomic mass is 10.0. The van der Waals surface area contributed by atoms with E-state index in [0.717, 1.165) is 51.1 Å². The number of carbonyl (C=O) groups is 1. The summed E-state index contributed by atoms with van der Waals surface area (Å²) in [7, 11) is 0. The summed E-state index contributed by atoms with van der Waals surface area (Å²) < 4.78 is 0. The number of nitrogen functional groups attached to an aromatic ring is 1. The molecule has 24 heavy (non-hydrogen) atoms. The zero-order valence-electron chi connectivity index (χ0n) is 14.4. The Balaban J connectivity index is 1.52. The van der Waals surface area contributed by atoms with Crippen LogP contribution < -0.4 is 10.6 Å². The molecule has 132 valence electrons. The van der Waals surface area contributed by atoms with Gasteiger partial charge in [0.25, 0.3) is 0 Å². The largest absolute Gasteiger partial charge is 0.465 e. The molecule has 1 amide bonds. The number of likely N-dealkylation sites (N-methyl/N-ethyl adjacent to an activating group) is 1. The number of hydrogen-bond acceptors (Lipinski definition) is 4. The Morgan fingerprint density at radius 1 is 1.21 bits per heavy atom. The van der Waals surface area contributed by atoms with Gasteiger partial charge in [0.05, 0.1) is 0 Å². The van der Waals surface area contributed by atoms with Gasteiger partial charge in [-0.1, -0.05) is 0 Å². The van der Waals surface area contributed by atoms with Crippen LogP contribution in [-0.2, 0) is 0 Å². The summed E-state index contributed by atoms with van der Waals surface area (Å²) in [5, 5.41) is 9.30. The number of rotatable bonds is 4. The third-order valence-electron chi connectivity index (χ3n) is 5.46. The van der Waals surface area contributed by atoms with Crippen LogP contribution in [0.25, 0.3) is 0 Å². The Morgan fingerprint density at radius 3 is 2.46 bits per heavy atom. The van der Waals surface area contributed by atoms with E-state index in [0.29, 0.717) is 12.6 Å². The highest BCUT2D eigenvalue weighted by molar-refractivity contribution is 5.65. The second kappa shape index (κ2) is 7.30. The van der Waals surface area contributed by atoms with Crippen molar-refractivity contribution in [3.63, 3.8) is 0 Å². The van der Waals surface area contributed by atoms with Crippen molar-refractivity contribution < 1.29 is 9.90 Å². The molecular weight excluding hydrogens is 304 g/mol. The highest BCUT2D eigenvalue weighted by Gasteiger charge is 2.34. The Morgan fingerprint density at radius 2 is 1.88 bits per heavy atom. The van der Waals surface area contributed by atoms with Crippen molar-refractivity contribution in [3.8, 4) is 0 Å². The zero-order valence-corrected chi connectivity index (χ0v) is 14.4. The van der Waals surface area contributed by atoms with Crippen molar-refractivity contribution in [1.82, 2.24) is 9.80 Å². The first-order valence-electron chi connectivity index (χ1n) is 8.92. The van der Waals surface area contributed by atoms with Crippen LogP contribution in [0.1, 0.15) is 26.2 Å². The van der Waals surface area contributed by atoms with Gasteiger partial charge >= 0.3 is 6.09 Å². The number of likely N-dealkylation sites (tertiary alicyclic amines) is 1. The van der Waals surface area contributed by atoms with Crippen molar-refractivity contribution in [2.75, 3.05) is 43.4 Å². The average molecular weight is 332 g/mol. The summed E-state index contributed by atoms with van der Waals surface area (Å²) in [5.41, 5.74) is 7.80. The highest BCUT2D eigenvalue weighted by Crippen LogP contribution is 2.26. The molecule has 6 nitrogen and oxygen atoms in total. The monoisotopic (exact) mass is 332 g/mol. The fraction of sp³-hybridized carbons (Fsp3) is 0.611. The maximum Gasteiger partial charge on any atom is 0.407 e. The van der Waals surface area contributed by atoms with Crippen LogP contribution >= 0.6 is 0 Å². The molecule has 0 saturated carbocycles. The zero-order chi connectivity index (χ0) is 17.1. The van der Waals surface area contributed by atoms with E-state index in [1.165, 1.54) is 5.69 Å². The first-order chi connectivity index (χ1) is 11.6. The summed E-state index contributed by atoms with van der Waals surface area (Å²) in [6.07, 6.45) is 2.44. The molecule has 3 rings (SSSR count). The number of hydrogen-bond donors (Lipinski definition) is 2. The van der Waals surface area contributed by atoms with Crippen LogP contribution in [-0.4, -0.2) is 65.8 Å². The fourth-order valence-corrected chi connectivity index (χ4v) is 4.08. The molecule has 2 aliphatic heterocycles. The molecule has 0 aromatic heterocycles. The van der Waals surface area contributed by atoms with Gasteiger partial charge in [0, 0.05) is 56.2 Å². The van der Waals surface area contributed by atoms with Gasteiger partial charge in [0.2, 0.25) is 0 Å². The Kier molecular flexibility index (Phi) is 5.14. The summed E-state index contributed by atoms with van der Waals surface area (Å²) in [4.78, 5) is 17.8. The van der Waals surface area contributed by atoms with E-state index >= 15 is 0 Å². The van der Waals surface area contributed by atoms with Gasteiger partial charge in [-0.25, -0.2) is 4.79 Å². The summed E-state index contributed by atoms with van der Waals surface area (Å²) in [6.45, 7) is 6.48. The smallest absolute Gasteiger partial charge is 0.407 e. The molecular formula is C18H28N4O2. The van der Waals surface area contributed by atoms with Gasteiger partial charge in [0.15, 0.2) is 0 Å². The van der Waals surface area contributed by atoms with Gasteiger partial charge in [-0.15, -0.1) is 0 Å². The molecule has 1 unspecified atom stereocenters. The number of piperidine rings is 1. The molecule has 2 saturated heterocycles. The molecule has 1 aromatic carbocycles. The van der Waals surface area contributed by atoms with E-state index in [-0.39, 0.29) is 6.04 Å². The van der Waals surface area contributed by atoms with Crippen molar-refractivity contribution in [2.45, 2.75) is 38.3 Å². The second-order valence-electron chi connectivity index (χ2n) is 6.82. The van der Waals surface area contributed by atoms with Crippen molar-refractivity contribution in [3.05, 3.63) is 24.3 Å². The maximum absolute atomic E-state index is 11.3. The molecule has 0 spiro atoms. The normalized spacial score (nSPS) is 22.7. The second-order valence-corrected chi connectivity index (χ2v) is 6.82. The maximum atomic E-state index is 11.3. The quantitative estimate of drug-likeness (QED) is 0.828. The van der Waals surface area contributed by atoms with Crippen LogP contribution in [0.15, 0.2) is 24.3 Å². The van der Waals surface area contributed by atoms with E-state index in [1.54, 1.807) is 4.90 Å². The summed E-state index contributed by atoms with van der Waals surface area (Å²) in [6, 6.07) is 8.83. The number of nitrogens with two attached hydrogens (primary N) is 1. The minimum Gasteiger partial charge on any atom is -0.465 e. The molecule has 2 fully saturated rings. The van der Waals surface area contributed by atoms with Crippen LogP contribution in [0.5, 0.6) is 0 Å². The predicted octanol–water partition coefficient (Wildman–Crippen LogP) is 2.31. The molecule has 2 heterocycles. The summed E-state index contributed by atoms with van der Waals surface area (Å²) in [5.74, 6) is 0. The third-order valence-corrected chi connectivity index (χ3v) is 5.46. The first-order valence-corrected chi connectivity index (χ1v) is 8.92. The Hall–Kier alpha value is -1.95. The Bertz CT molecular complexity index is 555. The SMILES string of the molecule is CCN(C(=O)O)C1CCN(C2CCN(c3ccc(N)cc3)CC2)C1. The van der Waals surface area contributed by atoms with Gasteiger partial charge in [-0.3, -0.25) is 4.90 Å². The topological polar surface area (TPSA) is 73.0 Å². The first kappa shape index (κ1) is 16.9. The third kappa shape index (κ3) is 3.59. The molecule has 0 radical (unpaired) electrons. The lowest BCUT2D eigenvalue weighted by Gasteiger charge is -2.38. The van der Waals surface area contributed by atoms with Gasteiger partial charge < -0.3 is 20.6 Å². The number of benzene rings is 1. The number of carboxylic acid groups (broad SMARTS) is 1. The van der Waals surface area contributed by atoms with Crippen molar-refractivity contribution in [2.24, 2.45) is 0 Å². The van der Waals surface area contributed by atoms with Crippen LogP contribution in [0.2, 0.25) is 0 Å². The van der Waals surface area contributed by atoms with Gasteiger partial charge in [-0.05, 0) is 50.5 Å². The lowest BCUT2D eigenvalue weighted by molar-refractivity contribution is 0.123.